The Labute approximate surface area is 80.9 Å². The van der Waals surface area contributed by atoms with Crippen LogP contribution in [0.2, 0.25) is 0 Å². The van der Waals surface area contributed by atoms with E-state index in [-0.39, 0.29) is 0 Å². The van der Waals surface area contributed by atoms with Crippen LogP contribution in [-0.2, 0) is 0 Å². The van der Waals surface area contributed by atoms with E-state index in [9.17, 15) is 0 Å². The molecule has 0 radical (unpaired) electrons. The van der Waals surface area contributed by atoms with Crippen molar-refractivity contribution >= 4 is 39.9 Å². The van der Waals surface area contributed by atoms with Crippen LogP contribution < -0.4 is 0 Å². The summed E-state index contributed by atoms with van der Waals surface area (Å²) in [5.41, 5.74) is 0. The number of thiocarbonyl (C=S) groups is 1. The lowest BCUT2D eigenvalue weighted by atomic mass is 10.6. The summed E-state index contributed by atoms with van der Waals surface area (Å²) < 4.78 is 0.933. The lowest BCUT2D eigenvalue weighted by Gasteiger charge is -2.08. The molecule has 0 spiro atoms. The molecule has 1 aliphatic heterocycles. The SMILES string of the molecule is CSC(=S)C=C1SC=CN1C. The van der Waals surface area contributed by atoms with Crippen LogP contribution in [0.25, 0.3) is 0 Å². The molecule has 1 heterocycles. The van der Waals surface area contributed by atoms with Gasteiger partial charge in [0, 0.05) is 13.2 Å². The summed E-state index contributed by atoms with van der Waals surface area (Å²) in [5, 5.41) is 3.25. The van der Waals surface area contributed by atoms with Crippen LogP contribution in [0.1, 0.15) is 0 Å². The number of hydrogen-bond acceptors (Lipinski definition) is 4. The molecule has 1 rings (SSSR count). The second-order valence-electron chi connectivity index (χ2n) is 2.02. The maximum absolute atomic E-state index is 5.06. The molecule has 0 aromatic heterocycles. The lowest BCUT2D eigenvalue weighted by Crippen LogP contribution is -2.03. The molecule has 0 N–H and O–H groups in total. The molecular formula is C7H9NS3. The molecule has 1 nitrogen and oxygen atoms in total. The Balaban J connectivity index is 2.61. The third-order valence-electron chi connectivity index (χ3n) is 1.26. The van der Waals surface area contributed by atoms with Gasteiger partial charge in [0.15, 0.2) is 0 Å². The van der Waals surface area contributed by atoms with E-state index in [4.69, 9.17) is 12.2 Å². The van der Waals surface area contributed by atoms with Crippen LogP contribution in [0.3, 0.4) is 0 Å². The van der Waals surface area contributed by atoms with Gasteiger partial charge in [0.1, 0.15) is 0 Å². The summed E-state index contributed by atoms with van der Waals surface area (Å²) in [4.78, 5) is 2.06. The monoisotopic (exact) mass is 203 g/mol. The smallest absolute Gasteiger partial charge is 0.0807 e. The van der Waals surface area contributed by atoms with Crippen molar-refractivity contribution in [2.24, 2.45) is 0 Å². The molecule has 0 saturated carbocycles. The van der Waals surface area contributed by atoms with Gasteiger partial charge in [0.2, 0.25) is 0 Å². The van der Waals surface area contributed by atoms with Crippen molar-refractivity contribution < 1.29 is 0 Å². The first-order chi connectivity index (χ1) is 5.24. The molecule has 0 fully saturated rings. The fourth-order valence-electron chi connectivity index (χ4n) is 0.644. The van der Waals surface area contributed by atoms with E-state index >= 15 is 0 Å². The Morgan fingerprint density at radius 1 is 1.82 bits per heavy atom. The zero-order valence-corrected chi connectivity index (χ0v) is 8.85. The Hall–Kier alpha value is 0.0700. The third kappa shape index (κ3) is 2.54. The quantitative estimate of drug-likeness (QED) is 0.476. The molecule has 4 heteroatoms. The number of rotatable bonds is 1. The predicted molar refractivity (Wildman–Crippen MR) is 58.7 cm³/mol. The zero-order chi connectivity index (χ0) is 8.27. The van der Waals surface area contributed by atoms with Crippen molar-refractivity contribution in [3.05, 3.63) is 22.7 Å². The minimum absolute atomic E-state index is 0.933. The average molecular weight is 203 g/mol. The number of nitrogens with zero attached hydrogens (tertiary/aromatic N) is 1. The van der Waals surface area contributed by atoms with Gasteiger partial charge in [0.05, 0.1) is 9.23 Å². The molecule has 0 saturated heterocycles. The molecule has 0 bridgehead atoms. The van der Waals surface area contributed by atoms with Crippen molar-refractivity contribution in [3.8, 4) is 0 Å². The summed E-state index contributed by atoms with van der Waals surface area (Å²) in [6.45, 7) is 0. The van der Waals surface area contributed by atoms with E-state index < -0.39 is 0 Å². The summed E-state index contributed by atoms with van der Waals surface area (Å²) in [5.74, 6) is 0. The predicted octanol–water partition coefficient (Wildman–Crippen LogP) is 2.67. The van der Waals surface area contributed by atoms with Gasteiger partial charge < -0.3 is 4.90 Å². The Kier molecular flexibility index (Phi) is 3.48. The van der Waals surface area contributed by atoms with Crippen molar-refractivity contribution in [3.63, 3.8) is 0 Å². The first-order valence-corrected chi connectivity index (χ1v) is 5.61. The maximum Gasteiger partial charge on any atom is 0.0807 e. The molecule has 11 heavy (non-hydrogen) atoms. The fourth-order valence-corrected chi connectivity index (χ4v) is 1.93. The van der Waals surface area contributed by atoms with Crippen LogP contribution in [0, 0.1) is 0 Å². The fraction of sp³-hybridized carbons (Fsp3) is 0.286. The molecular weight excluding hydrogens is 194 g/mol. The number of hydrogen-bond donors (Lipinski definition) is 0. The van der Waals surface area contributed by atoms with Crippen molar-refractivity contribution in [2.45, 2.75) is 0 Å². The minimum atomic E-state index is 0.933. The normalized spacial score (nSPS) is 19.8. The second kappa shape index (κ2) is 4.18. The van der Waals surface area contributed by atoms with Crippen molar-refractivity contribution in [1.29, 1.82) is 0 Å². The molecule has 0 atom stereocenters. The highest BCUT2D eigenvalue weighted by molar-refractivity contribution is 8.23. The van der Waals surface area contributed by atoms with Gasteiger partial charge in [0.25, 0.3) is 0 Å². The highest BCUT2D eigenvalue weighted by atomic mass is 32.2. The Morgan fingerprint density at radius 2 is 2.55 bits per heavy atom. The molecule has 0 amide bonds. The van der Waals surface area contributed by atoms with Gasteiger partial charge in [-0.2, -0.15) is 0 Å². The van der Waals surface area contributed by atoms with Crippen LogP contribution in [0.4, 0.5) is 0 Å². The first-order valence-electron chi connectivity index (χ1n) is 3.10. The minimum Gasteiger partial charge on any atom is -0.345 e. The van der Waals surface area contributed by atoms with Gasteiger partial charge in [-0.25, -0.2) is 0 Å². The van der Waals surface area contributed by atoms with Gasteiger partial charge >= 0.3 is 0 Å². The third-order valence-corrected chi connectivity index (χ3v) is 3.31. The molecule has 1 aliphatic rings. The molecule has 0 aromatic rings. The van der Waals surface area contributed by atoms with Crippen LogP contribution in [-0.4, -0.2) is 22.4 Å². The van der Waals surface area contributed by atoms with Gasteiger partial charge in [-0.1, -0.05) is 24.0 Å². The van der Waals surface area contributed by atoms with Crippen molar-refractivity contribution in [2.75, 3.05) is 13.3 Å². The highest BCUT2D eigenvalue weighted by Gasteiger charge is 2.07. The zero-order valence-electron chi connectivity index (χ0n) is 6.40. The summed E-state index contributed by atoms with van der Waals surface area (Å²) >= 11 is 8.36. The Morgan fingerprint density at radius 3 is 3.00 bits per heavy atom. The average Bonchev–Trinajstić information content (AvgIpc) is 2.37. The molecule has 0 unspecified atom stereocenters. The highest BCUT2D eigenvalue weighted by Crippen LogP contribution is 2.27. The second-order valence-corrected chi connectivity index (χ2v) is 4.49. The topological polar surface area (TPSA) is 3.24 Å². The lowest BCUT2D eigenvalue weighted by molar-refractivity contribution is 0.621. The van der Waals surface area contributed by atoms with Gasteiger partial charge in [-0.05, 0) is 17.7 Å². The van der Waals surface area contributed by atoms with E-state index in [1.165, 1.54) is 5.03 Å². The van der Waals surface area contributed by atoms with Crippen LogP contribution >= 0.6 is 35.7 Å². The van der Waals surface area contributed by atoms with E-state index in [0.717, 1.165) is 4.20 Å². The summed E-state index contributed by atoms with van der Waals surface area (Å²) in [6.07, 6.45) is 6.04. The summed E-state index contributed by atoms with van der Waals surface area (Å²) in [7, 11) is 2.02. The molecule has 0 aromatic carbocycles. The standard InChI is InChI=1S/C7H9NS3/c1-8-3-4-11-6(8)5-7(9)10-2/h3-5H,1-2H3. The van der Waals surface area contributed by atoms with E-state index in [0.29, 0.717) is 0 Å². The van der Waals surface area contributed by atoms with Gasteiger partial charge in [-0.15, -0.1) is 11.8 Å². The first kappa shape index (κ1) is 9.16. The molecule has 60 valence electrons. The van der Waals surface area contributed by atoms with Crippen LogP contribution in [0.5, 0.6) is 0 Å². The maximum atomic E-state index is 5.06. The van der Waals surface area contributed by atoms with E-state index in [1.54, 1.807) is 23.5 Å². The largest absolute Gasteiger partial charge is 0.345 e. The number of thioether (sulfide) groups is 2. The Bertz CT molecular complexity index is 220. The molecule has 0 aliphatic carbocycles. The van der Waals surface area contributed by atoms with E-state index in [1.807, 2.05) is 25.6 Å². The summed E-state index contributed by atoms with van der Waals surface area (Å²) in [6, 6.07) is 0. The van der Waals surface area contributed by atoms with Gasteiger partial charge in [-0.3, -0.25) is 0 Å². The van der Waals surface area contributed by atoms with Crippen LogP contribution in [0.15, 0.2) is 22.7 Å². The van der Waals surface area contributed by atoms with E-state index in [2.05, 4.69) is 10.3 Å². The van der Waals surface area contributed by atoms with Crippen molar-refractivity contribution in [1.82, 2.24) is 4.90 Å².